The Hall–Kier alpha value is -0.800. The maximum absolute atomic E-state index is 6.02. The molecule has 0 saturated heterocycles. The molecule has 0 atom stereocenters. The predicted molar refractivity (Wildman–Crippen MR) is 56.6 cm³/mol. The van der Waals surface area contributed by atoms with Gasteiger partial charge in [-0.1, -0.05) is 23.4 Å². The first-order valence-corrected chi connectivity index (χ1v) is 5.03. The third-order valence-electron chi connectivity index (χ3n) is 1.77. The highest BCUT2D eigenvalue weighted by molar-refractivity contribution is 8.02. The number of hydrogen-bond donors (Lipinski definition) is 1. The quantitative estimate of drug-likeness (QED) is 0.773. The minimum absolute atomic E-state index is 0.748. The van der Waals surface area contributed by atoms with Crippen molar-refractivity contribution in [2.45, 2.75) is 4.90 Å². The average molecular weight is 214 g/mol. The van der Waals surface area contributed by atoms with E-state index >= 15 is 0 Å². The predicted octanol–water partition coefficient (Wildman–Crippen LogP) is 3.34. The monoisotopic (exact) mass is 213 g/mol. The average Bonchev–Trinajstić information content (AvgIpc) is 2.19. The van der Waals surface area contributed by atoms with Crippen molar-refractivity contribution in [2.24, 2.45) is 0 Å². The summed E-state index contributed by atoms with van der Waals surface area (Å²) >= 11 is 7.61. The molecule has 0 fully saturated rings. The molecular weight excluding hydrogens is 206 g/mol. The third-order valence-corrected chi connectivity index (χ3v) is 3.13. The molecule has 1 N–H and O–H groups in total. The normalized spacial score (nSPS) is 13.4. The summed E-state index contributed by atoms with van der Waals surface area (Å²) < 4.78 is 5.20. The number of halogens is 1. The van der Waals surface area contributed by atoms with Crippen LogP contribution in [0.2, 0.25) is 5.02 Å². The molecule has 0 aromatic heterocycles. The van der Waals surface area contributed by atoms with Crippen molar-refractivity contribution in [3.05, 3.63) is 28.8 Å². The van der Waals surface area contributed by atoms with E-state index in [-0.39, 0.29) is 0 Å². The summed E-state index contributed by atoms with van der Waals surface area (Å²) in [5.74, 6) is 0.816. The second-order valence-corrected chi connectivity index (χ2v) is 3.84. The summed E-state index contributed by atoms with van der Waals surface area (Å²) in [6, 6.07) is 3.70. The van der Waals surface area contributed by atoms with Gasteiger partial charge < -0.3 is 10.1 Å². The molecule has 0 saturated carbocycles. The molecule has 0 bridgehead atoms. The lowest BCUT2D eigenvalue weighted by molar-refractivity contribution is 0.416. The molecule has 68 valence electrons. The smallest absolute Gasteiger partial charge is 0.143 e. The number of benzene rings is 1. The standard InChI is InChI=1S/C9H8ClNOS/c1-12-7-3-2-6(10)9-8(7)11-4-5-13-9/h2-5,11H,1H3. The van der Waals surface area contributed by atoms with E-state index in [2.05, 4.69) is 5.32 Å². The molecule has 2 nitrogen and oxygen atoms in total. The number of ether oxygens (including phenoxy) is 1. The van der Waals surface area contributed by atoms with Gasteiger partial charge in [-0.15, -0.1) is 0 Å². The van der Waals surface area contributed by atoms with E-state index in [1.165, 1.54) is 0 Å². The lowest BCUT2D eigenvalue weighted by atomic mass is 10.3. The first-order chi connectivity index (χ1) is 6.33. The molecule has 0 spiro atoms. The van der Waals surface area contributed by atoms with Gasteiger partial charge in [0, 0.05) is 6.20 Å². The van der Waals surface area contributed by atoms with E-state index in [0.29, 0.717) is 0 Å². The fraction of sp³-hybridized carbons (Fsp3) is 0.111. The Morgan fingerprint density at radius 1 is 1.46 bits per heavy atom. The highest BCUT2D eigenvalue weighted by Crippen LogP contribution is 2.42. The van der Waals surface area contributed by atoms with Gasteiger partial charge in [-0.25, -0.2) is 0 Å². The Morgan fingerprint density at radius 3 is 3.08 bits per heavy atom. The van der Waals surface area contributed by atoms with Crippen molar-refractivity contribution < 1.29 is 4.74 Å². The minimum Gasteiger partial charge on any atom is -0.495 e. The van der Waals surface area contributed by atoms with E-state index in [4.69, 9.17) is 16.3 Å². The first-order valence-electron chi connectivity index (χ1n) is 3.77. The molecule has 13 heavy (non-hydrogen) atoms. The van der Waals surface area contributed by atoms with Crippen LogP contribution in [0, 0.1) is 0 Å². The summed E-state index contributed by atoms with van der Waals surface area (Å²) in [4.78, 5) is 1.02. The van der Waals surface area contributed by atoms with Crippen LogP contribution in [0.3, 0.4) is 0 Å². The van der Waals surface area contributed by atoms with E-state index < -0.39 is 0 Å². The van der Waals surface area contributed by atoms with E-state index in [9.17, 15) is 0 Å². The summed E-state index contributed by atoms with van der Waals surface area (Å²) in [6.07, 6.45) is 1.87. The molecule has 1 aromatic carbocycles. The van der Waals surface area contributed by atoms with Crippen LogP contribution in [0.4, 0.5) is 5.69 Å². The Morgan fingerprint density at radius 2 is 2.31 bits per heavy atom. The van der Waals surface area contributed by atoms with Crippen LogP contribution >= 0.6 is 23.4 Å². The van der Waals surface area contributed by atoms with Gasteiger partial charge >= 0.3 is 0 Å². The van der Waals surface area contributed by atoms with Crippen LogP contribution < -0.4 is 10.1 Å². The van der Waals surface area contributed by atoms with Crippen LogP contribution in [0.1, 0.15) is 0 Å². The van der Waals surface area contributed by atoms with Crippen LogP contribution in [0.5, 0.6) is 5.75 Å². The van der Waals surface area contributed by atoms with Crippen molar-refractivity contribution in [1.82, 2.24) is 0 Å². The number of rotatable bonds is 1. The van der Waals surface area contributed by atoms with Crippen molar-refractivity contribution in [3.63, 3.8) is 0 Å². The minimum atomic E-state index is 0.748. The van der Waals surface area contributed by atoms with Gasteiger partial charge in [0.2, 0.25) is 0 Å². The molecule has 2 rings (SSSR count). The Bertz CT molecular complexity index is 365. The second-order valence-electron chi connectivity index (χ2n) is 2.52. The van der Waals surface area contributed by atoms with Crippen molar-refractivity contribution >= 4 is 29.1 Å². The number of thioether (sulfide) groups is 1. The molecule has 0 unspecified atom stereocenters. The lowest BCUT2D eigenvalue weighted by Crippen LogP contribution is -1.97. The zero-order chi connectivity index (χ0) is 9.26. The first kappa shape index (κ1) is 8.78. The second kappa shape index (κ2) is 3.52. The summed E-state index contributed by atoms with van der Waals surface area (Å²) in [7, 11) is 1.65. The van der Waals surface area contributed by atoms with Gasteiger partial charge in [-0.05, 0) is 17.5 Å². The van der Waals surface area contributed by atoms with E-state index in [1.54, 1.807) is 18.9 Å². The number of nitrogens with one attached hydrogen (secondary N) is 1. The zero-order valence-electron chi connectivity index (χ0n) is 7.00. The third kappa shape index (κ3) is 1.49. The molecule has 0 amide bonds. The highest BCUT2D eigenvalue weighted by Gasteiger charge is 2.14. The number of anilines is 1. The SMILES string of the molecule is COc1ccc(Cl)c2c1NC=CS2. The van der Waals surface area contributed by atoms with Crippen LogP contribution in [-0.2, 0) is 0 Å². The highest BCUT2D eigenvalue weighted by atomic mass is 35.5. The maximum Gasteiger partial charge on any atom is 0.143 e. The fourth-order valence-corrected chi connectivity index (χ4v) is 2.20. The Balaban J connectivity index is 2.56. The van der Waals surface area contributed by atoms with Crippen molar-refractivity contribution in [3.8, 4) is 5.75 Å². The molecule has 1 aliphatic rings. The Labute approximate surface area is 85.9 Å². The van der Waals surface area contributed by atoms with Gasteiger partial charge in [0.15, 0.2) is 0 Å². The molecule has 0 radical (unpaired) electrons. The van der Waals surface area contributed by atoms with Crippen LogP contribution in [-0.4, -0.2) is 7.11 Å². The summed E-state index contributed by atoms with van der Waals surface area (Å²) in [5.41, 5.74) is 0.947. The van der Waals surface area contributed by atoms with Gasteiger partial charge in [0.1, 0.15) is 5.75 Å². The van der Waals surface area contributed by atoms with E-state index in [0.717, 1.165) is 21.4 Å². The van der Waals surface area contributed by atoms with Gasteiger partial charge in [-0.2, -0.15) is 0 Å². The van der Waals surface area contributed by atoms with Crippen molar-refractivity contribution in [2.75, 3.05) is 12.4 Å². The number of methoxy groups -OCH3 is 1. The van der Waals surface area contributed by atoms with Crippen molar-refractivity contribution in [1.29, 1.82) is 0 Å². The molecule has 1 aromatic rings. The zero-order valence-corrected chi connectivity index (χ0v) is 8.58. The fourth-order valence-electron chi connectivity index (χ4n) is 1.18. The molecule has 1 aliphatic heterocycles. The molecule has 0 aliphatic carbocycles. The largest absolute Gasteiger partial charge is 0.495 e. The van der Waals surface area contributed by atoms with E-state index in [1.807, 2.05) is 23.7 Å². The van der Waals surface area contributed by atoms with Crippen LogP contribution in [0.15, 0.2) is 28.6 Å². The molecule has 1 heterocycles. The van der Waals surface area contributed by atoms with Crippen LogP contribution in [0.25, 0.3) is 0 Å². The topological polar surface area (TPSA) is 21.3 Å². The maximum atomic E-state index is 6.02. The summed E-state index contributed by atoms with van der Waals surface area (Å²) in [5, 5.41) is 5.81. The Kier molecular flexibility index (Phi) is 2.38. The van der Waals surface area contributed by atoms with Gasteiger partial charge in [0.05, 0.1) is 22.7 Å². The number of fused-ring (bicyclic) bond motifs is 1. The molecular formula is C9H8ClNOS. The molecule has 4 heteroatoms. The van der Waals surface area contributed by atoms with Gasteiger partial charge in [-0.3, -0.25) is 0 Å². The lowest BCUT2D eigenvalue weighted by Gasteiger charge is -2.16. The summed E-state index contributed by atoms with van der Waals surface area (Å²) in [6.45, 7) is 0. The van der Waals surface area contributed by atoms with Gasteiger partial charge in [0.25, 0.3) is 0 Å². The number of hydrogen-bond acceptors (Lipinski definition) is 3.